The summed E-state index contributed by atoms with van der Waals surface area (Å²) in [7, 11) is -0.650. The van der Waals surface area contributed by atoms with Gasteiger partial charge in [-0.15, -0.1) is 0 Å². The van der Waals surface area contributed by atoms with Gasteiger partial charge in [0.1, 0.15) is 0 Å². The monoisotopic (exact) mass is 316 g/mol. The first-order valence-electron chi connectivity index (χ1n) is 6.39. The van der Waals surface area contributed by atoms with E-state index in [1.54, 1.807) is 18.2 Å². The molecule has 0 bridgehead atoms. The molecule has 0 aliphatic rings. The van der Waals surface area contributed by atoms with Gasteiger partial charge in [-0.3, -0.25) is 0 Å². The summed E-state index contributed by atoms with van der Waals surface area (Å²) < 4.78 is 32.1. The minimum atomic E-state index is -3.58. The van der Waals surface area contributed by atoms with E-state index in [1.807, 2.05) is 0 Å². The van der Waals surface area contributed by atoms with Gasteiger partial charge in [0.05, 0.1) is 12.2 Å². The second-order valence-electron chi connectivity index (χ2n) is 4.43. The Morgan fingerprint density at radius 2 is 2.05 bits per heavy atom. The van der Waals surface area contributed by atoms with E-state index in [0.717, 1.165) is 4.31 Å². The van der Waals surface area contributed by atoms with Gasteiger partial charge in [-0.05, 0) is 18.1 Å². The molecular formula is C13H20N2O5S. The molecule has 0 atom stereocenters. The molecule has 0 aromatic heterocycles. The van der Waals surface area contributed by atoms with E-state index in [2.05, 4.69) is 4.72 Å². The molecule has 1 aromatic rings. The van der Waals surface area contributed by atoms with E-state index in [-0.39, 0.29) is 25.3 Å². The maximum atomic E-state index is 11.9. The number of carboxylic acids is 1. The lowest BCUT2D eigenvalue weighted by Gasteiger charge is -2.18. The third kappa shape index (κ3) is 5.43. The molecular weight excluding hydrogens is 296 g/mol. The lowest BCUT2D eigenvalue weighted by Crippen LogP contribution is -2.40. The number of likely N-dealkylation sites (N-methyl/N-ethyl adjacent to an activating group) is 1. The fourth-order valence-corrected chi connectivity index (χ4v) is 2.62. The molecule has 1 rings (SSSR count). The van der Waals surface area contributed by atoms with Gasteiger partial charge in [0.25, 0.3) is 10.2 Å². The van der Waals surface area contributed by atoms with E-state index in [4.69, 9.17) is 9.84 Å². The van der Waals surface area contributed by atoms with Crippen LogP contribution in [0.1, 0.15) is 15.9 Å². The van der Waals surface area contributed by atoms with Crippen LogP contribution in [0.2, 0.25) is 0 Å². The summed E-state index contributed by atoms with van der Waals surface area (Å²) in [5.41, 5.74) is 0.791. The van der Waals surface area contributed by atoms with Crippen molar-refractivity contribution in [3.63, 3.8) is 0 Å². The molecule has 0 amide bonds. The summed E-state index contributed by atoms with van der Waals surface area (Å²) in [6, 6.07) is 6.55. The molecule has 0 unspecified atom stereocenters. The molecule has 0 aliphatic heterocycles. The Labute approximate surface area is 124 Å². The Morgan fingerprint density at radius 3 is 2.67 bits per heavy atom. The molecule has 118 valence electrons. The minimum absolute atomic E-state index is 0.187. The number of carboxylic acid groups (broad SMARTS) is 1. The summed E-state index contributed by atoms with van der Waals surface area (Å²) in [5, 5.41) is 9.08. The number of nitrogens with one attached hydrogen (secondary N) is 1. The molecule has 0 radical (unpaired) electrons. The van der Waals surface area contributed by atoms with E-state index in [0.29, 0.717) is 12.0 Å². The van der Waals surface area contributed by atoms with Gasteiger partial charge in [-0.2, -0.15) is 17.4 Å². The van der Waals surface area contributed by atoms with Crippen molar-refractivity contribution >= 4 is 16.2 Å². The standard InChI is InChI=1S/C13H20N2O5S/c1-15(21(18,19)14-8-10-20-2)9-7-11-5-3-4-6-12(11)13(16)17/h3-6,14H,7-10H2,1-2H3,(H,16,17). The van der Waals surface area contributed by atoms with Crippen molar-refractivity contribution in [2.45, 2.75) is 6.42 Å². The third-order valence-electron chi connectivity index (χ3n) is 2.94. The second kappa shape index (κ2) is 8.08. The Bertz CT molecular complexity index is 574. The van der Waals surface area contributed by atoms with Gasteiger partial charge >= 0.3 is 5.97 Å². The number of benzene rings is 1. The lowest BCUT2D eigenvalue weighted by molar-refractivity contribution is 0.0695. The topological polar surface area (TPSA) is 95.9 Å². The van der Waals surface area contributed by atoms with Gasteiger partial charge in [0, 0.05) is 27.2 Å². The Balaban J connectivity index is 2.64. The van der Waals surface area contributed by atoms with Crippen LogP contribution in [0.5, 0.6) is 0 Å². The van der Waals surface area contributed by atoms with E-state index in [1.165, 1.54) is 20.2 Å². The zero-order chi connectivity index (χ0) is 15.9. The highest BCUT2D eigenvalue weighted by atomic mass is 32.2. The van der Waals surface area contributed by atoms with E-state index in [9.17, 15) is 13.2 Å². The van der Waals surface area contributed by atoms with Crippen LogP contribution in [0.15, 0.2) is 24.3 Å². The Kier molecular flexibility index (Phi) is 6.76. The van der Waals surface area contributed by atoms with Crippen LogP contribution in [-0.4, -0.2) is 57.7 Å². The van der Waals surface area contributed by atoms with Crippen LogP contribution in [-0.2, 0) is 21.4 Å². The number of rotatable bonds is 9. The summed E-state index contributed by atoms with van der Waals surface area (Å²) in [5.74, 6) is -1.02. The highest BCUT2D eigenvalue weighted by molar-refractivity contribution is 7.87. The fourth-order valence-electron chi connectivity index (χ4n) is 1.73. The average Bonchev–Trinajstić information content (AvgIpc) is 2.45. The maximum absolute atomic E-state index is 11.9. The highest BCUT2D eigenvalue weighted by Crippen LogP contribution is 2.10. The van der Waals surface area contributed by atoms with Crippen molar-refractivity contribution in [2.75, 3.05) is 33.9 Å². The Hall–Kier alpha value is -1.48. The average molecular weight is 316 g/mol. The van der Waals surface area contributed by atoms with Crippen molar-refractivity contribution in [3.05, 3.63) is 35.4 Å². The molecule has 0 saturated heterocycles. The quantitative estimate of drug-likeness (QED) is 0.641. The number of ether oxygens (including phenoxy) is 1. The molecule has 0 aliphatic carbocycles. The lowest BCUT2D eigenvalue weighted by atomic mass is 10.1. The van der Waals surface area contributed by atoms with Gasteiger partial charge in [0.15, 0.2) is 0 Å². The number of nitrogens with zero attached hydrogens (tertiary/aromatic N) is 1. The van der Waals surface area contributed by atoms with Crippen molar-refractivity contribution in [1.29, 1.82) is 0 Å². The van der Waals surface area contributed by atoms with Crippen LogP contribution in [0.4, 0.5) is 0 Å². The number of aromatic carboxylic acids is 1. The van der Waals surface area contributed by atoms with Gasteiger partial charge in [-0.1, -0.05) is 18.2 Å². The maximum Gasteiger partial charge on any atom is 0.335 e. The number of carbonyl (C=O) groups is 1. The van der Waals surface area contributed by atoms with Crippen molar-refractivity contribution < 1.29 is 23.1 Å². The molecule has 21 heavy (non-hydrogen) atoms. The summed E-state index contributed by atoms with van der Waals surface area (Å²) in [4.78, 5) is 11.1. The SMILES string of the molecule is COCCNS(=O)(=O)N(C)CCc1ccccc1C(=O)O. The van der Waals surface area contributed by atoms with Crippen molar-refractivity contribution in [2.24, 2.45) is 0 Å². The number of hydrogen-bond donors (Lipinski definition) is 2. The molecule has 2 N–H and O–H groups in total. The van der Waals surface area contributed by atoms with Crippen LogP contribution in [0.3, 0.4) is 0 Å². The highest BCUT2D eigenvalue weighted by Gasteiger charge is 2.17. The first-order valence-corrected chi connectivity index (χ1v) is 7.83. The van der Waals surface area contributed by atoms with Crippen molar-refractivity contribution in [1.82, 2.24) is 9.03 Å². The molecule has 1 aromatic carbocycles. The first-order chi connectivity index (χ1) is 9.88. The molecule has 0 saturated carbocycles. The second-order valence-corrected chi connectivity index (χ2v) is 6.29. The summed E-state index contributed by atoms with van der Waals surface area (Å²) in [6.45, 7) is 0.663. The summed E-state index contributed by atoms with van der Waals surface area (Å²) >= 11 is 0. The molecule has 8 heteroatoms. The van der Waals surface area contributed by atoms with Crippen molar-refractivity contribution in [3.8, 4) is 0 Å². The minimum Gasteiger partial charge on any atom is -0.478 e. The summed E-state index contributed by atoms with van der Waals surface area (Å²) in [6.07, 6.45) is 0.324. The zero-order valence-electron chi connectivity index (χ0n) is 12.1. The van der Waals surface area contributed by atoms with Crippen LogP contribution in [0.25, 0.3) is 0 Å². The third-order valence-corrected chi connectivity index (χ3v) is 4.52. The predicted molar refractivity (Wildman–Crippen MR) is 78.5 cm³/mol. The largest absolute Gasteiger partial charge is 0.478 e. The predicted octanol–water partition coefficient (Wildman–Crippen LogP) is 0.340. The van der Waals surface area contributed by atoms with Crippen LogP contribution >= 0.6 is 0 Å². The fraction of sp³-hybridized carbons (Fsp3) is 0.462. The number of methoxy groups -OCH3 is 1. The van der Waals surface area contributed by atoms with E-state index < -0.39 is 16.2 Å². The molecule has 0 fully saturated rings. The van der Waals surface area contributed by atoms with Gasteiger partial charge in [0.2, 0.25) is 0 Å². The van der Waals surface area contributed by atoms with Gasteiger partial charge < -0.3 is 9.84 Å². The normalized spacial score (nSPS) is 11.8. The molecule has 0 spiro atoms. The first kappa shape index (κ1) is 17.6. The Morgan fingerprint density at radius 1 is 1.38 bits per heavy atom. The number of hydrogen-bond acceptors (Lipinski definition) is 4. The molecule has 7 nitrogen and oxygen atoms in total. The van der Waals surface area contributed by atoms with Crippen LogP contribution < -0.4 is 4.72 Å². The smallest absolute Gasteiger partial charge is 0.335 e. The molecule has 0 heterocycles. The van der Waals surface area contributed by atoms with E-state index >= 15 is 0 Å². The zero-order valence-corrected chi connectivity index (χ0v) is 12.9. The van der Waals surface area contributed by atoms with Crippen LogP contribution in [0, 0.1) is 0 Å². The van der Waals surface area contributed by atoms with Gasteiger partial charge in [-0.25, -0.2) is 4.79 Å².